The first-order valence-corrected chi connectivity index (χ1v) is 10.0. The molecule has 5 nitrogen and oxygen atoms in total. The molecule has 0 unspecified atom stereocenters. The van der Waals surface area contributed by atoms with Crippen molar-refractivity contribution in [2.24, 2.45) is 0 Å². The Morgan fingerprint density at radius 2 is 1.79 bits per heavy atom. The molecule has 1 fully saturated rings. The van der Waals surface area contributed by atoms with Crippen molar-refractivity contribution in [3.63, 3.8) is 0 Å². The molecule has 2 aliphatic rings. The third-order valence-electron chi connectivity index (χ3n) is 6.05. The number of piperidine rings is 1. The van der Waals surface area contributed by atoms with Crippen molar-refractivity contribution >= 4 is 16.9 Å². The Bertz CT molecular complexity index is 1070. The molecule has 2 aromatic carbocycles. The summed E-state index contributed by atoms with van der Waals surface area (Å²) in [7, 11) is 0. The minimum atomic E-state index is -0.444. The summed E-state index contributed by atoms with van der Waals surface area (Å²) in [6.07, 6.45) is 2.01. The van der Waals surface area contributed by atoms with Crippen molar-refractivity contribution < 1.29 is 13.6 Å². The number of aromatic nitrogens is 2. The monoisotopic (exact) mass is 396 g/mol. The Balaban J connectivity index is 1.36. The average Bonchev–Trinajstić information content (AvgIpc) is 2.95. The van der Waals surface area contributed by atoms with Gasteiger partial charge in [-0.2, -0.15) is 0 Å². The molecule has 3 heterocycles. The molecular weight excluding hydrogens is 374 g/mol. The van der Waals surface area contributed by atoms with E-state index in [1.165, 1.54) is 29.8 Å². The van der Waals surface area contributed by atoms with Crippen molar-refractivity contribution in [2.75, 3.05) is 19.6 Å². The van der Waals surface area contributed by atoms with Gasteiger partial charge < -0.3 is 9.88 Å². The summed E-state index contributed by atoms with van der Waals surface area (Å²) in [5, 5.41) is 2.83. The summed E-state index contributed by atoms with van der Waals surface area (Å²) >= 11 is 0. The minimum absolute atomic E-state index is 0.203. The van der Waals surface area contributed by atoms with E-state index in [-0.39, 0.29) is 11.7 Å². The van der Waals surface area contributed by atoms with Gasteiger partial charge in [-0.15, -0.1) is 0 Å². The zero-order chi connectivity index (χ0) is 20.0. The molecular formula is C22H22F2N4O. The van der Waals surface area contributed by atoms with E-state index < -0.39 is 5.82 Å². The third kappa shape index (κ3) is 3.40. The lowest BCUT2D eigenvalue weighted by Gasteiger charge is -2.32. The lowest BCUT2D eigenvalue weighted by Crippen LogP contribution is -2.33. The fourth-order valence-corrected chi connectivity index (χ4v) is 4.55. The Hall–Kier alpha value is -2.80. The van der Waals surface area contributed by atoms with Gasteiger partial charge in [-0.05, 0) is 55.6 Å². The van der Waals surface area contributed by atoms with Crippen LogP contribution in [0.1, 0.15) is 40.5 Å². The zero-order valence-electron chi connectivity index (χ0n) is 16.0. The van der Waals surface area contributed by atoms with Gasteiger partial charge in [0, 0.05) is 19.2 Å². The molecule has 1 aromatic heterocycles. The fourth-order valence-electron chi connectivity index (χ4n) is 4.55. The van der Waals surface area contributed by atoms with Gasteiger partial charge in [-0.3, -0.25) is 9.69 Å². The van der Waals surface area contributed by atoms with E-state index in [1.807, 2.05) is 16.7 Å². The number of imidazole rings is 1. The van der Waals surface area contributed by atoms with Crippen molar-refractivity contribution in [3.8, 4) is 0 Å². The maximum absolute atomic E-state index is 14.0. The largest absolute Gasteiger partial charge is 0.350 e. The number of benzene rings is 2. The molecule has 7 heteroatoms. The first-order chi connectivity index (χ1) is 14.1. The first kappa shape index (κ1) is 18.2. The van der Waals surface area contributed by atoms with Crippen LogP contribution in [0.5, 0.6) is 0 Å². The standard InChI is InChI=1S/C22H22F2N4O/c23-16-3-1-14(2-4-16)15-5-8-27(9-6-15)13-20-26-19-12-17(24)11-18-21(19)28(20)10-7-25-22(18)29/h1-4,11-12,15H,5-10,13H2,(H,25,29). The highest BCUT2D eigenvalue weighted by Gasteiger charge is 2.25. The number of carbonyl (C=O) groups is 1. The zero-order valence-corrected chi connectivity index (χ0v) is 16.0. The van der Waals surface area contributed by atoms with Crippen LogP contribution in [0.4, 0.5) is 8.78 Å². The molecule has 0 saturated carbocycles. The molecule has 1 amide bonds. The molecule has 29 heavy (non-hydrogen) atoms. The molecule has 5 rings (SSSR count). The van der Waals surface area contributed by atoms with E-state index in [9.17, 15) is 13.6 Å². The lowest BCUT2D eigenvalue weighted by molar-refractivity contribution is 0.0956. The van der Waals surface area contributed by atoms with Crippen molar-refractivity contribution in [1.82, 2.24) is 19.8 Å². The number of hydrogen-bond acceptors (Lipinski definition) is 3. The van der Waals surface area contributed by atoms with Gasteiger partial charge >= 0.3 is 0 Å². The molecule has 0 atom stereocenters. The minimum Gasteiger partial charge on any atom is -0.350 e. The predicted molar refractivity (Wildman–Crippen MR) is 106 cm³/mol. The van der Waals surface area contributed by atoms with Crippen LogP contribution in [-0.4, -0.2) is 40.0 Å². The van der Waals surface area contributed by atoms with E-state index in [4.69, 9.17) is 0 Å². The van der Waals surface area contributed by atoms with E-state index in [1.54, 1.807) is 0 Å². The van der Waals surface area contributed by atoms with Crippen LogP contribution < -0.4 is 5.32 Å². The molecule has 1 N–H and O–H groups in total. The second-order valence-electron chi connectivity index (χ2n) is 7.86. The molecule has 1 saturated heterocycles. The summed E-state index contributed by atoms with van der Waals surface area (Å²) in [6.45, 7) is 3.63. The highest BCUT2D eigenvalue weighted by atomic mass is 19.1. The number of likely N-dealkylation sites (tertiary alicyclic amines) is 1. The van der Waals surface area contributed by atoms with Gasteiger partial charge in [0.05, 0.1) is 23.1 Å². The molecule has 0 bridgehead atoms. The molecule has 0 spiro atoms. The summed E-state index contributed by atoms with van der Waals surface area (Å²) in [4.78, 5) is 19.3. The van der Waals surface area contributed by atoms with Crippen molar-refractivity contribution in [1.29, 1.82) is 0 Å². The second-order valence-corrected chi connectivity index (χ2v) is 7.86. The van der Waals surface area contributed by atoms with Gasteiger partial charge in [0.1, 0.15) is 17.5 Å². The Labute approximate surface area is 167 Å². The average molecular weight is 396 g/mol. The number of amides is 1. The lowest BCUT2D eigenvalue weighted by atomic mass is 9.89. The van der Waals surface area contributed by atoms with E-state index >= 15 is 0 Å². The number of halogens is 2. The van der Waals surface area contributed by atoms with Gasteiger partial charge in [0.25, 0.3) is 5.91 Å². The summed E-state index contributed by atoms with van der Waals surface area (Å²) in [5.74, 6) is 0.408. The molecule has 2 aliphatic heterocycles. The molecule has 0 radical (unpaired) electrons. The van der Waals surface area contributed by atoms with Crippen molar-refractivity contribution in [3.05, 3.63) is 65.0 Å². The van der Waals surface area contributed by atoms with Crippen molar-refractivity contribution in [2.45, 2.75) is 31.8 Å². The number of rotatable bonds is 3. The van der Waals surface area contributed by atoms with Crippen LogP contribution in [-0.2, 0) is 13.1 Å². The van der Waals surface area contributed by atoms with E-state index in [2.05, 4.69) is 15.2 Å². The van der Waals surface area contributed by atoms with Gasteiger partial charge in [0.2, 0.25) is 0 Å². The van der Waals surface area contributed by atoms with Crippen LogP contribution in [0, 0.1) is 11.6 Å². The van der Waals surface area contributed by atoms with E-state index in [0.717, 1.165) is 37.3 Å². The van der Waals surface area contributed by atoms with Crippen LogP contribution in [0.3, 0.4) is 0 Å². The predicted octanol–water partition coefficient (Wildman–Crippen LogP) is 3.44. The number of carbonyl (C=O) groups excluding carboxylic acids is 1. The van der Waals surface area contributed by atoms with Gasteiger partial charge in [-0.1, -0.05) is 12.1 Å². The third-order valence-corrected chi connectivity index (χ3v) is 6.05. The summed E-state index contributed by atoms with van der Waals surface area (Å²) in [5.41, 5.74) is 2.80. The Kier molecular flexibility index (Phi) is 4.54. The molecule has 3 aromatic rings. The smallest absolute Gasteiger partial charge is 0.253 e. The number of hydrogen-bond donors (Lipinski definition) is 1. The van der Waals surface area contributed by atoms with Crippen LogP contribution in [0.2, 0.25) is 0 Å². The highest BCUT2D eigenvalue weighted by molar-refractivity contribution is 6.05. The Morgan fingerprint density at radius 3 is 2.55 bits per heavy atom. The number of nitrogens with zero attached hydrogens (tertiary/aromatic N) is 3. The van der Waals surface area contributed by atoms with Gasteiger partial charge in [-0.25, -0.2) is 13.8 Å². The summed E-state index contributed by atoms with van der Waals surface area (Å²) in [6, 6.07) is 9.50. The van der Waals surface area contributed by atoms with E-state index in [0.29, 0.717) is 36.6 Å². The van der Waals surface area contributed by atoms with Crippen LogP contribution >= 0.6 is 0 Å². The Morgan fingerprint density at radius 1 is 1.03 bits per heavy atom. The van der Waals surface area contributed by atoms with Gasteiger partial charge in [0.15, 0.2) is 0 Å². The SMILES string of the molecule is O=C1NCCn2c(CN3CCC(c4ccc(F)cc4)CC3)nc3cc(F)cc1c32. The van der Waals surface area contributed by atoms with Crippen LogP contribution in [0.25, 0.3) is 11.0 Å². The molecule has 150 valence electrons. The highest BCUT2D eigenvalue weighted by Crippen LogP contribution is 2.30. The number of nitrogens with one attached hydrogen (secondary N) is 1. The normalized spacial score (nSPS) is 18.1. The maximum Gasteiger partial charge on any atom is 0.253 e. The summed E-state index contributed by atoms with van der Waals surface area (Å²) < 4.78 is 29.2. The topological polar surface area (TPSA) is 50.2 Å². The quantitative estimate of drug-likeness (QED) is 0.738. The second kappa shape index (κ2) is 7.22. The maximum atomic E-state index is 14.0. The first-order valence-electron chi connectivity index (χ1n) is 10.0. The van der Waals surface area contributed by atoms with Crippen LogP contribution in [0.15, 0.2) is 36.4 Å². The fraction of sp³-hybridized carbons (Fsp3) is 0.364. The molecule has 0 aliphatic carbocycles.